The number of hydrogen-bond acceptors (Lipinski definition) is 5. The molecular formula is C31H53NO5. The second-order valence-corrected chi connectivity index (χ2v) is 14.2. The van der Waals surface area contributed by atoms with Crippen molar-refractivity contribution in [2.45, 2.75) is 117 Å². The molecule has 37 heavy (non-hydrogen) atoms. The molecule has 1 aliphatic heterocycles. The van der Waals surface area contributed by atoms with E-state index < -0.39 is 0 Å². The minimum absolute atomic E-state index is 0.197. The van der Waals surface area contributed by atoms with Gasteiger partial charge in [0.15, 0.2) is 0 Å². The zero-order valence-electron chi connectivity index (χ0n) is 23.8. The van der Waals surface area contributed by atoms with E-state index in [0.29, 0.717) is 74.0 Å². The maximum Gasteiger partial charge on any atom is 0.409 e. The standard InChI is InChI=1S/C31H53NO5/c1-5-22-26-18-21(34)8-13-31(26,4)25-9-14-30(3)23(6-7-24(30)27(25)28(22)35)19(2)12-17-37-29(36)32-15-10-20(33)11-16-32/h19-28,33-35H,5-18H2,1-4H3/t19-,21-,22-,23?,24+,25+,26?,27+,28-,30-,31-/m1/s1. The van der Waals surface area contributed by atoms with Gasteiger partial charge in [-0.25, -0.2) is 4.79 Å². The zero-order chi connectivity index (χ0) is 26.5. The van der Waals surface area contributed by atoms with Gasteiger partial charge in [-0.3, -0.25) is 0 Å². The van der Waals surface area contributed by atoms with Crippen molar-refractivity contribution in [1.29, 1.82) is 0 Å². The molecule has 6 nitrogen and oxygen atoms in total. The number of fused-ring (bicyclic) bond motifs is 5. The SMILES string of the molecule is CC[C@@H]1C2C[C@H](O)CC[C@]2(C)[C@H]2CC[C@]3(C)C([C@H](C)CCOC(=O)N4CCC(O)CC4)CC[C@H]3[C@@H]2[C@@H]1O. The van der Waals surface area contributed by atoms with Gasteiger partial charge in [0, 0.05) is 13.1 Å². The lowest BCUT2D eigenvalue weighted by atomic mass is 9.41. The van der Waals surface area contributed by atoms with Crippen molar-refractivity contribution in [2.24, 2.45) is 52.3 Å². The molecule has 2 unspecified atom stereocenters. The van der Waals surface area contributed by atoms with Crippen LogP contribution in [0.2, 0.25) is 0 Å². The fourth-order valence-corrected chi connectivity index (χ4v) is 10.6. The Hall–Kier alpha value is -0.850. The summed E-state index contributed by atoms with van der Waals surface area (Å²) in [4.78, 5) is 14.2. The molecule has 6 heteroatoms. The number of hydrogen-bond donors (Lipinski definition) is 3. The number of piperidine rings is 1. The number of amides is 1. The molecular weight excluding hydrogens is 466 g/mol. The van der Waals surface area contributed by atoms with Crippen molar-refractivity contribution in [3.05, 3.63) is 0 Å². The first-order valence-electron chi connectivity index (χ1n) is 15.6. The van der Waals surface area contributed by atoms with Gasteiger partial charge in [-0.1, -0.05) is 34.1 Å². The van der Waals surface area contributed by atoms with Gasteiger partial charge in [0.2, 0.25) is 0 Å². The first-order chi connectivity index (χ1) is 17.6. The Balaban J connectivity index is 1.24. The Morgan fingerprint density at radius 1 is 0.919 bits per heavy atom. The first-order valence-corrected chi connectivity index (χ1v) is 15.6. The van der Waals surface area contributed by atoms with E-state index >= 15 is 0 Å². The van der Waals surface area contributed by atoms with Crippen LogP contribution in [0.5, 0.6) is 0 Å². The van der Waals surface area contributed by atoms with Gasteiger partial charge < -0.3 is 25.0 Å². The van der Waals surface area contributed by atoms with E-state index in [1.54, 1.807) is 4.90 Å². The second-order valence-electron chi connectivity index (χ2n) is 14.2. The predicted octanol–water partition coefficient (Wildman–Crippen LogP) is 5.23. The molecule has 5 fully saturated rings. The van der Waals surface area contributed by atoms with Gasteiger partial charge in [0.1, 0.15) is 0 Å². The highest BCUT2D eigenvalue weighted by Crippen LogP contribution is 2.69. The molecule has 4 aliphatic carbocycles. The van der Waals surface area contributed by atoms with Crippen molar-refractivity contribution in [2.75, 3.05) is 19.7 Å². The Kier molecular flexibility index (Phi) is 7.95. The molecule has 3 N–H and O–H groups in total. The molecule has 0 aromatic heterocycles. The number of carbonyl (C=O) groups excluding carboxylic acids is 1. The number of aliphatic hydroxyl groups is 3. The van der Waals surface area contributed by atoms with Crippen LogP contribution in [0.1, 0.15) is 98.3 Å². The van der Waals surface area contributed by atoms with E-state index in [1.165, 1.54) is 25.7 Å². The van der Waals surface area contributed by atoms with E-state index in [2.05, 4.69) is 27.7 Å². The van der Waals surface area contributed by atoms with Gasteiger partial charge in [-0.05, 0) is 116 Å². The van der Waals surface area contributed by atoms with E-state index in [9.17, 15) is 20.1 Å². The summed E-state index contributed by atoms with van der Waals surface area (Å²) in [5.41, 5.74) is 0.484. The average molecular weight is 520 g/mol. The molecule has 1 amide bonds. The smallest absolute Gasteiger partial charge is 0.409 e. The van der Waals surface area contributed by atoms with Crippen molar-refractivity contribution in [3.63, 3.8) is 0 Å². The topological polar surface area (TPSA) is 90.2 Å². The van der Waals surface area contributed by atoms with E-state index in [1.807, 2.05) is 0 Å². The second kappa shape index (κ2) is 10.6. The summed E-state index contributed by atoms with van der Waals surface area (Å²) in [6, 6.07) is 0. The highest BCUT2D eigenvalue weighted by molar-refractivity contribution is 5.67. The molecule has 1 heterocycles. The summed E-state index contributed by atoms with van der Waals surface area (Å²) in [6.07, 6.45) is 9.96. The molecule has 0 spiro atoms. The van der Waals surface area contributed by atoms with Crippen LogP contribution in [0.3, 0.4) is 0 Å². The molecule has 5 rings (SSSR count). The predicted molar refractivity (Wildman–Crippen MR) is 144 cm³/mol. The van der Waals surface area contributed by atoms with E-state index in [0.717, 1.165) is 32.1 Å². The molecule has 0 aromatic rings. The molecule has 4 saturated carbocycles. The lowest BCUT2D eigenvalue weighted by Crippen LogP contribution is -2.62. The normalized spacial score (nSPS) is 47.1. The summed E-state index contributed by atoms with van der Waals surface area (Å²) in [5, 5.41) is 32.1. The summed E-state index contributed by atoms with van der Waals surface area (Å²) in [6.45, 7) is 11.2. The van der Waals surface area contributed by atoms with Crippen LogP contribution in [-0.2, 0) is 4.74 Å². The Bertz CT molecular complexity index is 813. The zero-order valence-corrected chi connectivity index (χ0v) is 23.8. The highest BCUT2D eigenvalue weighted by atomic mass is 16.6. The summed E-state index contributed by atoms with van der Waals surface area (Å²) >= 11 is 0. The maximum absolute atomic E-state index is 12.5. The third-order valence-electron chi connectivity index (χ3n) is 12.7. The third kappa shape index (κ3) is 4.75. The summed E-state index contributed by atoms with van der Waals surface area (Å²) in [7, 11) is 0. The van der Waals surface area contributed by atoms with Crippen LogP contribution in [0.15, 0.2) is 0 Å². The number of ether oxygens (including phenoxy) is 1. The van der Waals surface area contributed by atoms with Crippen molar-refractivity contribution >= 4 is 6.09 Å². The average Bonchev–Trinajstić information content (AvgIpc) is 3.23. The van der Waals surface area contributed by atoms with Gasteiger partial charge in [-0.2, -0.15) is 0 Å². The molecule has 5 aliphatic rings. The minimum atomic E-state index is -0.288. The van der Waals surface area contributed by atoms with E-state index in [-0.39, 0.29) is 35.2 Å². The summed E-state index contributed by atoms with van der Waals surface area (Å²) < 4.78 is 5.67. The minimum Gasteiger partial charge on any atom is -0.449 e. The van der Waals surface area contributed by atoms with Gasteiger partial charge in [-0.15, -0.1) is 0 Å². The Morgan fingerprint density at radius 2 is 1.59 bits per heavy atom. The van der Waals surface area contributed by atoms with Crippen LogP contribution in [0, 0.1) is 52.3 Å². The number of likely N-dealkylation sites (tertiary alicyclic amines) is 1. The first kappa shape index (κ1) is 27.7. The van der Waals surface area contributed by atoms with Crippen LogP contribution in [0.25, 0.3) is 0 Å². The largest absolute Gasteiger partial charge is 0.449 e. The molecule has 11 atom stereocenters. The quantitative estimate of drug-likeness (QED) is 0.463. The lowest BCUT2D eigenvalue weighted by Gasteiger charge is -2.64. The summed E-state index contributed by atoms with van der Waals surface area (Å²) in [5.74, 6) is 3.34. The van der Waals surface area contributed by atoms with Gasteiger partial charge in [0.25, 0.3) is 0 Å². The maximum atomic E-state index is 12.5. The Labute approximate surface area is 224 Å². The van der Waals surface area contributed by atoms with Crippen LogP contribution >= 0.6 is 0 Å². The van der Waals surface area contributed by atoms with Crippen LogP contribution in [-0.4, -0.2) is 64.3 Å². The third-order valence-corrected chi connectivity index (χ3v) is 12.7. The van der Waals surface area contributed by atoms with Gasteiger partial charge >= 0.3 is 6.09 Å². The molecule has 0 bridgehead atoms. The van der Waals surface area contributed by atoms with Crippen molar-refractivity contribution < 1.29 is 24.9 Å². The van der Waals surface area contributed by atoms with E-state index in [4.69, 9.17) is 4.74 Å². The van der Waals surface area contributed by atoms with Crippen molar-refractivity contribution in [1.82, 2.24) is 4.90 Å². The van der Waals surface area contributed by atoms with Crippen LogP contribution < -0.4 is 0 Å². The number of rotatable bonds is 5. The van der Waals surface area contributed by atoms with Crippen molar-refractivity contribution in [3.8, 4) is 0 Å². The Morgan fingerprint density at radius 3 is 2.30 bits per heavy atom. The molecule has 0 radical (unpaired) electrons. The fourth-order valence-electron chi connectivity index (χ4n) is 10.6. The molecule has 1 saturated heterocycles. The monoisotopic (exact) mass is 519 g/mol. The number of nitrogens with zero attached hydrogens (tertiary/aromatic N) is 1. The number of carbonyl (C=O) groups is 1. The molecule has 212 valence electrons. The lowest BCUT2D eigenvalue weighted by molar-refractivity contribution is -0.203. The fraction of sp³-hybridized carbons (Fsp3) is 0.968. The van der Waals surface area contributed by atoms with Crippen LogP contribution in [0.4, 0.5) is 4.79 Å². The molecule has 0 aromatic carbocycles. The highest BCUT2D eigenvalue weighted by Gasteiger charge is 2.64. The number of aliphatic hydroxyl groups excluding tert-OH is 3. The van der Waals surface area contributed by atoms with Gasteiger partial charge in [0.05, 0.1) is 24.9 Å².